The Hall–Kier alpha value is -2.97. The van der Waals surface area contributed by atoms with E-state index in [2.05, 4.69) is 5.32 Å². The van der Waals surface area contributed by atoms with E-state index >= 15 is 0 Å². The van der Waals surface area contributed by atoms with E-state index in [9.17, 15) is 14.4 Å². The number of benzene rings is 2. The molecule has 8 nitrogen and oxygen atoms in total. The Balaban J connectivity index is 2.09. The third-order valence-corrected chi connectivity index (χ3v) is 4.22. The van der Waals surface area contributed by atoms with E-state index in [-0.39, 0.29) is 34.5 Å². The summed E-state index contributed by atoms with van der Waals surface area (Å²) in [6, 6.07) is 9.34. The van der Waals surface area contributed by atoms with E-state index in [0.717, 1.165) is 0 Å². The van der Waals surface area contributed by atoms with Crippen LogP contribution in [0.4, 0.5) is 5.69 Å². The van der Waals surface area contributed by atoms with E-state index in [1.54, 1.807) is 24.3 Å². The standard InChI is InChI=1S/C19H19Cl2N3O5/c1-24(9-17(26)23-13-5-3-12(20)4-6-13)19(27)11-7-14(21)18(15(8-11)28-2)29-10-16(22)25/h3-8H,9-10H2,1-2H3,(H2,22,25)(H,23,26). The van der Waals surface area contributed by atoms with Gasteiger partial charge < -0.3 is 25.4 Å². The molecule has 0 saturated carbocycles. The van der Waals surface area contributed by atoms with Gasteiger partial charge in [0.05, 0.1) is 18.7 Å². The molecule has 0 saturated heterocycles. The lowest BCUT2D eigenvalue weighted by Crippen LogP contribution is -2.35. The molecular formula is C19H19Cl2N3O5. The molecule has 0 radical (unpaired) electrons. The van der Waals surface area contributed by atoms with Crippen molar-refractivity contribution in [2.24, 2.45) is 5.73 Å². The number of nitrogens with one attached hydrogen (secondary N) is 1. The van der Waals surface area contributed by atoms with Crippen molar-refractivity contribution in [1.29, 1.82) is 0 Å². The zero-order chi connectivity index (χ0) is 21.6. The first-order chi connectivity index (χ1) is 13.7. The molecule has 0 fully saturated rings. The van der Waals surface area contributed by atoms with Gasteiger partial charge in [-0.3, -0.25) is 14.4 Å². The largest absolute Gasteiger partial charge is 0.493 e. The van der Waals surface area contributed by atoms with Crippen LogP contribution in [0, 0.1) is 0 Å². The summed E-state index contributed by atoms with van der Waals surface area (Å²) >= 11 is 12.0. The number of hydrogen-bond donors (Lipinski definition) is 2. The lowest BCUT2D eigenvalue weighted by Gasteiger charge is -2.18. The van der Waals surface area contributed by atoms with Crippen molar-refractivity contribution in [3.63, 3.8) is 0 Å². The van der Waals surface area contributed by atoms with Crippen LogP contribution >= 0.6 is 23.2 Å². The van der Waals surface area contributed by atoms with Crippen molar-refractivity contribution >= 4 is 46.6 Å². The lowest BCUT2D eigenvalue weighted by atomic mass is 10.1. The second kappa shape index (κ2) is 9.99. The number of anilines is 1. The highest BCUT2D eigenvalue weighted by molar-refractivity contribution is 6.32. The highest BCUT2D eigenvalue weighted by Crippen LogP contribution is 2.36. The number of carbonyl (C=O) groups excluding carboxylic acids is 3. The fourth-order valence-corrected chi connectivity index (χ4v) is 2.76. The molecule has 0 aliphatic rings. The normalized spacial score (nSPS) is 10.2. The van der Waals surface area contributed by atoms with Gasteiger partial charge in [-0.15, -0.1) is 0 Å². The second-order valence-electron chi connectivity index (χ2n) is 5.96. The molecule has 0 unspecified atom stereocenters. The molecule has 0 spiro atoms. The molecule has 0 aromatic heterocycles. The number of halogens is 2. The summed E-state index contributed by atoms with van der Waals surface area (Å²) < 4.78 is 10.4. The van der Waals surface area contributed by atoms with Gasteiger partial charge in [-0.1, -0.05) is 23.2 Å². The molecule has 154 valence electrons. The van der Waals surface area contributed by atoms with Crippen LogP contribution in [0.15, 0.2) is 36.4 Å². The summed E-state index contributed by atoms with van der Waals surface area (Å²) in [4.78, 5) is 37.0. The van der Waals surface area contributed by atoms with Gasteiger partial charge in [0.1, 0.15) is 0 Å². The maximum absolute atomic E-state index is 12.7. The van der Waals surface area contributed by atoms with Gasteiger partial charge in [0.15, 0.2) is 18.1 Å². The maximum Gasteiger partial charge on any atom is 0.255 e. The van der Waals surface area contributed by atoms with Crippen molar-refractivity contribution in [3.05, 3.63) is 52.0 Å². The molecule has 10 heteroatoms. The van der Waals surface area contributed by atoms with Gasteiger partial charge in [-0.2, -0.15) is 0 Å². The van der Waals surface area contributed by atoms with E-state index in [1.807, 2.05) is 0 Å². The molecule has 3 amide bonds. The molecule has 0 bridgehead atoms. The molecule has 0 atom stereocenters. The summed E-state index contributed by atoms with van der Waals surface area (Å²) in [5.74, 6) is -1.29. The molecular weight excluding hydrogens is 421 g/mol. The van der Waals surface area contributed by atoms with Crippen LogP contribution in [-0.4, -0.2) is 49.9 Å². The van der Waals surface area contributed by atoms with Crippen molar-refractivity contribution in [2.45, 2.75) is 0 Å². The topological polar surface area (TPSA) is 111 Å². The lowest BCUT2D eigenvalue weighted by molar-refractivity contribution is -0.120. The van der Waals surface area contributed by atoms with Crippen LogP contribution in [0.1, 0.15) is 10.4 Å². The van der Waals surface area contributed by atoms with Crippen LogP contribution in [0.2, 0.25) is 10.0 Å². The number of ether oxygens (including phenoxy) is 2. The number of nitrogens with zero attached hydrogens (tertiary/aromatic N) is 1. The molecule has 3 N–H and O–H groups in total. The predicted molar refractivity (Wildman–Crippen MR) is 110 cm³/mol. The van der Waals surface area contributed by atoms with Crippen LogP contribution in [-0.2, 0) is 9.59 Å². The SMILES string of the molecule is COc1cc(C(=O)N(C)CC(=O)Nc2ccc(Cl)cc2)cc(Cl)c1OCC(N)=O. The fourth-order valence-electron chi connectivity index (χ4n) is 2.37. The Kier molecular flexibility index (Phi) is 7.69. The fraction of sp³-hybridized carbons (Fsp3) is 0.211. The van der Waals surface area contributed by atoms with E-state index < -0.39 is 18.4 Å². The summed E-state index contributed by atoms with van der Waals surface area (Å²) in [6.45, 7) is -0.588. The first-order valence-corrected chi connectivity index (χ1v) is 9.06. The quantitative estimate of drug-likeness (QED) is 0.656. The molecule has 0 aliphatic carbocycles. The average Bonchev–Trinajstić information content (AvgIpc) is 2.67. The van der Waals surface area contributed by atoms with Gasteiger partial charge in [0.2, 0.25) is 5.91 Å². The van der Waals surface area contributed by atoms with E-state index in [0.29, 0.717) is 10.7 Å². The number of hydrogen-bond acceptors (Lipinski definition) is 5. The minimum absolute atomic E-state index is 0.0629. The Morgan fingerprint density at radius 1 is 1.14 bits per heavy atom. The van der Waals surface area contributed by atoms with Gasteiger partial charge in [0.25, 0.3) is 11.8 Å². The number of rotatable bonds is 8. The number of nitrogens with two attached hydrogens (primary N) is 1. The molecule has 0 aliphatic heterocycles. The molecule has 2 aromatic rings. The minimum atomic E-state index is -0.685. The van der Waals surface area contributed by atoms with Crippen LogP contribution in [0.3, 0.4) is 0 Å². The Labute approximate surface area is 177 Å². The second-order valence-corrected chi connectivity index (χ2v) is 6.80. The van der Waals surface area contributed by atoms with E-state index in [4.69, 9.17) is 38.4 Å². The Morgan fingerprint density at radius 2 is 1.79 bits per heavy atom. The molecule has 0 heterocycles. The van der Waals surface area contributed by atoms with Crippen LogP contribution < -0.4 is 20.5 Å². The number of amides is 3. The average molecular weight is 440 g/mol. The van der Waals surface area contributed by atoms with Crippen LogP contribution in [0.5, 0.6) is 11.5 Å². The number of carbonyl (C=O) groups is 3. The van der Waals surface area contributed by atoms with Gasteiger partial charge >= 0.3 is 0 Å². The summed E-state index contributed by atoms with van der Waals surface area (Å²) in [5.41, 5.74) is 5.79. The number of primary amides is 1. The maximum atomic E-state index is 12.7. The zero-order valence-corrected chi connectivity index (χ0v) is 17.2. The first kappa shape index (κ1) is 22.3. The first-order valence-electron chi connectivity index (χ1n) is 8.30. The van der Waals surface area contributed by atoms with Crippen molar-refractivity contribution in [3.8, 4) is 11.5 Å². The van der Waals surface area contributed by atoms with Gasteiger partial charge in [0, 0.05) is 23.3 Å². The predicted octanol–water partition coefficient (Wildman–Crippen LogP) is 2.58. The number of likely N-dealkylation sites (N-methyl/N-ethyl adjacent to an activating group) is 1. The van der Waals surface area contributed by atoms with Crippen molar-refractivity contribution in [1.82, 2.24) is 4.90 Å². The van der Waals surface area contributed by atoms with Crippen molar-refractivity contribution < 1.29 is 23.9 Å². The summed E-state index contributed by atoms with van der Waals surface area (Å²) in [5, 5.41) is 3.28. The highest BCUT2D eigenvalue weighted by atomic mass is 35.5. The smallest absolute Gasteiger partial charge is 0.255 e. The third-order valence-electron chi connectivity index (χ3n) is 3.69. The molecule has 2 rings (SSSR count). The minimum Gasteiger partial charge on any atom is -0.493 e. The Morgan fingerprint density at radius 3 is 2.38 bits per heavy atom. The monoisotopic (exact) mass is 439 g/mol. The van der Waals surface area contributed by atoms with E-state index in [1.165, 1.54) is 31.2 Å². The van der Waals surface area contributed by atoms with Crippen LogP contribution in [0.25, 0.3) is 0 Å². The van der Waals surface area contributed by atoms with Gasteiger partial charge in [-0.05, 0) is 36.4 Å². The third kappa shape index (κ3) is 6.27. The van der Waals surface area contributed by atoms with Gasteiger partial charge in [-0.25, -0.2) is 0 Å². The molecule has 29 heavy (non-hydrogen) atoms. The highest BCUT2D eigenvalue weighted by Gasteiger charge is 2.20. The summed E-state index contributed by atoms with van der Waals surface area (Å²) in [6.07, 6.45) is 0. The number of methoxy groups -OCH3 is 1. The Bertz CT molecular complexity index is 919. The van der Waals surface area contributed by atoms with Crippen molar-refractivity contribution in [2.75, 3.05) is 32.6 Å². The molecule has 2 aromatic carbocycles. The zero-order valence-electron chi connectivity index (χ0n) is 15.7. The summed E-state index contributed by atoms with van der Waals surface area (Å²) in [7, 11) is 2.84.